The molecule has 1 aliphatic rings. The standard InChI is InChI=1S/C17H25N3OS/c1-4-13-22-16-14-9-7-8-10-15(14)20(17(21)18-16)12-11-19(5-2)6-3/h1H,5-13H2,2-3H3. The first-order chi connectivity index (χ1) is 10.7. The van der Waals surface area contributed by atoms with E-state index in [1.165, 1.54) is 29.4 Å². The topological polar surface area (TPSA) is 38.1 Å². The third-order valence-corrected chi connectivity index (χ3v) is 5.20. The Balaban J connectivity index is 2.30. The molecule has 0 bridgehead atoms. The van der Waals surface area contributed by atoms with Crippen molar-refractivity contribution in [2.75, 3.05) is 25.4 Å². The molecule has 2 rings (SSSR count). The highest BCUT2D eigenvalue weighted by Crippen LogP contribution is 2.28. The number of terminal acetylenes is 1. The zero-order valence-corrected chi connectivity index (χ0v) is 14.4. The lowest BCUT2D eigenvalue weighted by molar-refractivity contribution is 0.285. The summed E-state index contributed by atoms with van der Waals surface area (Å²) < 4.78 is 1.90. The van der Waals surface area contributed by atoms with Gasteiger partial charge < -0.3 is 4.90 Å². The molecule has 0 atom stereocenters. The molecule has 0 N–H and O–H groups in total. The zero-order valence-electron chi connectivity index (χ0n) is 13.6. The minimum Gasteiger partial charge on any atom is -0.302 e. The van der Waals surface area contributed by atoms with Crippen molar-refractivity contribution in [3.8, 4) is 12.3 Å². The molecular weight excluding hydrogens is 294 g/mol. The van der Waals surface area contributed by atoms with E-state index in [1.54, 1.807) is 0 Å². The molecule has 1 aromatic rings. The van der Waals surface area contributed by atoms with Crippen molar-refractivity contribution < 1.29 is 0 Å². The van der Waals surface area contributed by atoms with Gasteiger partial charge in [0.05, 0.1) is 5.75 Å². The fourth-order valence-electron chi connectivity index (χ4n) is 2.99. The predicted octanol–water partition coefficient (Wildman–Crippen LogP) is 2.19. The highest BCUT2D eigenvalue weighted by molar-refractivity contribution is 7.99. The number of hydrogen-bond acceptors (Lipinski definition) is 4. The van der Waals surface area contributed by atoms with E-state index in [2.05, 4.69) is 29.7 Å². The Morgan fingerprint density at radius 3 is 2.73 bits per heavy atom. The van der Waals surface area contributed by atoms with Crippen molar-refractivity contribution in [2.45, 2.75) is 51.1 Å². The second-order valence-corrected chi connectivity index (χ2v) is 6.47. The summed E-state index contributed by atoms with van der Waals surface area (Å²) in [6.07, 6.45) is 9.67. The highest BCUT2D eigenvalue weighted by Gasteiger charge is 2.20. The van der Waals surface area contributed by atoms with E-state index in [-0.39, 0.29) is 5.69 Å². The summed E-state index contributed by atoms with van der Waals surface area (Å²) in [4.78, 5) is 19.1. The molecule has 1 aromatic heterocycles. The van der Waals surface area contributed by atoms with E-state index in [4.69, 9.17) is 6.42 Å². The van der Waals surface area contributed by atoms with Gasteiger partial charge in [0.25, 0.3) is 0 Å². The molecule has 1 heterocycles. The van der Waals surface area contributed by atoms with E-state index < -0.39 is 0 Å². The van der Waals surface area contributed by atoms with Crippen LogP contribution in [0.15, 0.2) is 9.82 Å². The lowest BCUT2D eigenvalue weighted by atomic mass is 9.97. The van der Waals surface area contributed by atoms with Gasteiger partial charge in [-0.2, -0.15) is 4.98 Å². The van der Waals surface area contributed by atoms with Gasteiger partial charge in [0.1, 0.15) is 5.03 Å². The van der Waals surface area contributed by atoms with Gasteiger partial charge >= 0.3 is 5.69 Å². The van der Waals surface area contributed by atoms with Crippen LogP contribution in [0, 0.1) is 12.3 Å². The maximum Gasteiger partial charge on any atom is 0.348 e. The van der Waals surface area contributed by atoms with Crippen LogP contribution in [-0.4, -0.2) is 39.8 Å². The largest absolute Gasteiger partial charge is 0.348 e. The van der Waals surface area contributed by atoms with Crippen LogP contribution in [0.4, 0.5) is 0 Å². The van der Waals surface area contributed by atoms with Crippen LogP contribution in [-0.2, 0) is 19.4 Å². The van der Waals surface area contributed by atoms with Gasteiger partial charge in [-0.3, -0.25) is 4.57 Å². The molecule has 22 heavy (non-hydrogen) atoms. The van der Waals surface area contributed by atoms with Crippen LogP contribution >= 0.6 is 11.8 Å². The fraction of sp³-hybridized carbons (Fsp3) is 0.647. The van der Waals surface area contributed by atoms with Gasteiger partial charge in [0, 0.05) is 24.3 Å². The number of hydrogen-bond donors (Lipinski definition) is 0. The van der Waals surface area contributed by atoms with Gasteiger partial charge in [-0.15, -0.1) is 6.42 Å². The summed E-state index contributed by atoms with van der Waals surface area (Å²) in [5.74, 6) is 3.19. The van der Waals surface area contributed by atoms with Crippen molar-refractivity contribution in [3.05, 3.63) is 21.7 Å². The number of fused-ring (bicyclic) bond motifs is 1. The molecule has 0 unspecified atom stereocenters. The quantitative estimate of drug-likeness (QED) is 0.439. The Kier molecular flexibility index (Phi) is 6.53. The molecule has 4 nitrogen and oxygen atoms in total. The van der Waals surface area contributed by atoms with Crippen LogP contribution in [0.3, 0.4) is 0 Å². The smallest absolute Gasteiger partial charge is 0.302 e. The summed E-state index contributed by atoms with van der Waals surface area (Å²) in [7, 11) is 0. The molecule has 0 aromatic carbocycles. The Bertz CT molecular complexity index is 599. The third kappa shape index (κ3) is 3.93. The first kappa shape index (κ1) is 17.1. The van der Waals surface area contributed by atoms with Crippen molar-refractivity contribution in [1.82, 2.24) is 14.5 Å². The second kappa shape index (κ2) is 8.40. The first-order valence-corrected chi connectivity index (χ1v) is 9.11. The molecule has 1 aliphatic carbocycles. The Hall–Kier alpha value is -1.25. The molecule has 0 saturated heterocycles. The third-order valence-electron chi connectivity index (χ3n) is 4.28. The molecule has 0 saturated carbocycles. The van der Waals surface area contributed by atoms with E-state index in [0.29, 0.717) is 5.75 Å². The average molecular weight is 319 g/mol. The SMILES string of the molecule is C#CCSc1nc(=O)n(CCN(CC)CC)c2c1CCCC2. The van der Waals surface area contributed by atoms with E-state index in [0.717, 1.165) is 50.5 Å². The molecular formula is C17H25N3OS. The second-order valence-electron chi connectivity index (χ2n) is 5.50. The van der Waals surface area contributed by atoms with E-state index in [9.17, 15) is 4.79 Å². The molecule has 0 fully saturated rings. The predicted molar refractivity (Wildman–Crippen MR) is 92.5 cm³/mol. The summed E-state index contributed by atoms with van der Waals surface area (Å²) in [5, 5.41) is 0.858. The van der Waals surface area contributed by atoms with Crippen molar-refractivity contribution in [2.24, 2.45) is 0 Å². The minimum atomic E-state index is -0.118. The van der Waals surface area contributed by atoms with Gasteiger partial charge in [-0.1, -0.05) is 31.5 Å². The van der Waals surface area contributed by atoms with Crippen LogP contribution in [0.25, 0.3) is 0 Å². The lowest BCUT2D eigenvalue weighted by Gasteiger charge is -2.24. The molecule has 5 heteroatoms. The van der Waals surface area contributed by atoms with Crippen LogP contribution in [0.1, 0.15) is 37.9 Å². The van der Waals surface area contributed by atoms with Crippen molar-refractivity contribution >= 4 is 11.8 Å². The molecule has 0 amide bonds. The van der Waals surface area contributed by atoms with Gasteiger partial charge in [-0.25, -0.2) is 4.79 Å². The number of aromatic nitrogens is 2. The van der Waals surface area contributed by atoms with Crippen molar-refractivity contribution in [1.29, 1.82) is 0 Å². The van der Waals surface area contributed by atoms with Crippen LogP contribution < -0.4 is 5.69 Å². The molecule has 120 valence electrons. The van der Waals surface area contributed by atoms with Gasteiger partial charge in [0.15, 0.2) is 0 Å². The van der Waals surface area contributed by atoms with Gasteiger partial charge in [0.2, 0.25) is 0 Å². The maximum absolute atomic E-state index is 12.4. The molecule has 0 spiro atoms. The Morgan fingerprint density at radius 1 is 1.32 bits per heavy atom. The van der Waals surface area contributed by atoms with Gasteiger partial charge in [-0.05, 0) is 38.8 Å². The molecule has 0 aliphatic heterocycles. The highest BCUT2D eigenvalue weighted by atomic mass is 32.2. The summed E-state index contributed by atoms with van der Waals surface area (Å²) in [6.45, 7) is 7.96. The minimum absolute atomic E-state index is 0.118. The van der Waals surface area contributed by atoms with E-state index >= 15 is 0 Å². The summed E-state index contributed by atoms with van der Waals surface area (Å²) in [5.41, 5.74) is 2.33. The van der Waals surface area contributed by atoms with E-state index in [1.807, 2.05) is 4.57 Å². The normalized spacial score (nSPS) is 13.9. The average Bonchev–Trinajstić information content (AvgIpc) is 2.55. The van der Waals surface area contributed by atoms with Crippen LogP contribution in [0.5, 0.6) is 0 Å². The number of nitrogens with zero attached hydrogens (tertiary/aromatic N) is 3. The number of rotatable bonds is 7. The monoisotopic (exact) mass is 319 g/mol. The fourth-order valence-corrected chi connectivity index (χ4v) is 3.75. The lowest BCUT2D eigenvalue weighted by Crippen LogP contribution is -2.35. The van der Waals surface area contributed by atoms with Crippen molar-refractivity contribution in [3.63, 3.8) is 0 Å². The summed E-state index contributed by atoms with van der Waals surface area (Å²) >= 11 is 1.52. The summed E-state index contributed by atoms with van der Waals surface area (Å²) in [6, 6.07) is 0. The Morgan fingerprint density at radius 2 is 2.05 bits per heavy atom. The van der Waals surface area contributed by atoms with Crippen LogP contribution in [0.2, 0.25) is 0 Å². The number of thioether (sulfide) groups is 1. The Labute approximate surface area is 137 Å². The maximum atomic E-state index is 12.4. The zero-order chi connectivity index (χ0) is 15.9. The molecule has 0 radical (unpaired) electrons. The number of likely N-dealkylation sites (N-methyl/N-ethyl adjacent to an activating group) is 1. The first-order valence-electron chi connectivity index (χ1n) is 8.12.